The third kappa shape index (κ3) is 3.77. The summed E-state index contributed by atoms with van der Waals surface area (Å²) in [5.74, 6) is 0.665. The Kier molecular flexibility index (Phi) is 5.13. The van der Waals surface area contributed by atoms with Crippen molar-refractivity contribution in [2.24, 2.45) is 0 Å². The summed E-state index contributed by atoms with van der Waals surface area (Å²) in [5.41, 5.74) is 1.31. The molecule has 0 aliphatic carbocycles. The molecule has 8 heteroatoms. The van der Waals surface area contributed by atoms with E-state index in [1.165, 1.54) is 12.1 Å². The van der Waals surface area contributed by atoms with Crippen molar-refractivity contribution in [3.05, 3.63) is 42.5 Å². The first-order valence-electron chi connectivity index (χ1n) is 9.43. The summed E-state index contributed by atoms with van der Waals surface area (Å²) < 4.78 is 36.1. The van der Waals surface area contributed by atoms with Crippen molar-refractivity contribution in [3.63, 3.8) is 0 Å². The van der Waals surface area contributed by atoms with Crippen LogP contribution in [0.2, 0.25) is 0 Å². The van der Waals surface area contributed by atoms with Gasteiger partial charge in [0.2, 0.25) is 0 Å². The number of pyridine rings is 2. The van der Waals surface area contributed by atoms with Crippen molar-refractivity contribution in [1.82, 2.24) is 19.7 Å². The van der Waals surface area contributed by atoms with E-state index < -0.39 is 18.0 Å². The number of fused-ring (bicyclic) bond motifs is 1. The van der Waals surface area contributed by atoms with E-state index in [4.69, 9.17) is 4.74 Å². The predicted octanol–water partition coefficient (Wildman–Crippen LogP) is 3.43. The van der Waals surface area contributed by atoms with E-state index in [2.05, 4.69) is 20.6 Å². The molecule has 4 heterocycles. The monoisotopic (exact) mass is 387 g/mol. The lowest BCUT2D eigenvalue weighted by Crippen LogP contribution is -2.46. The topological polar surface area (TPSA) is 63.5 Å². The maximum Gasteiger partial charge on any atom is 0.151 e. The zero-order valence-electron chi connectivity index (χ0n) is 15.8. The molecule has 4 rings (SSSR count). The summed E-state index contributed by atoms with van der Waals surface area (Å²) in [4.78, 5) is 8.74. The first-order valence-corrected chi connectivity index (χ1v) is 9.43. The van der Waals surface area contributed by atoms with Crippen LogP contribution in [0.25, 0.3) is 17.0 Å². The molecule has 3 aromatic heterocycles. The summed E-state index contributed by atoms with van der Waals surface area (Å²) in [6.45, 7) is 5.06. The smallest absolute Gasteiger partial charge is 0.151 e. The third-order valence-electron chi connectivity index (χ3n) is 4.68. The summed E-state index contributed by atoms with van der Waals surface area (Å²) in [6, 6.07) is 6.07. The Bertz CT molecular complexity index is 974. The zero-order chi connectivity index (χ0) is 19.7. The summed E-state index contributed by atoms with van der Waals surface area (Å²) in [6.07, 6.45) is 2.88. The molecule has 2 atom stereocenters. The largest absolute Gasteiger partial charge is 0.491 e. The van der Waals surface area contributed by atoms with Crippen LogP contribution in [0.1, 0.15) is 20.3 Å². The second-order valence-corrected chi connectivity index (χ2v) is 7.19. The van der Waals surface area contributed by atoms with Crippen LogP contribution < -0.4 is 15.4 Å². The summed E-state index contributed by atoms with van der Waals surface area (Å²) >= 11 is 0. The van der Waals surface area contributed by atoms with Gasteiger partial charge in [-0.05, 0) is 45.0 Å². The van der Waals surface area contributed by atoms with E-state index in [0.717, 1.165) is 0 Å². The Morgan fingerprint density at radius 1 is 1.32 bits per heavy atom. The number of nitrogens with zero attached hydrogens (tertiary/aromatic N) is 3. The second-order valence-electron chi connectivity index (χ2n) is 7.19. The summed E-state index contributed by atoms with van der Waals surface area (Å²) in [7, 11) is 0. The highest BCUT2D eigenvalue weighted by molar-refractivity contribution is 5.63. The molecule has 1 aliphatic heterocycles. The highest BCUT2D eigenvalue weighted by atomic mass is 19.1. The van der Waals surface area contributed by atoms with Crippen LogP contribution in [0.5, 0.6) is 5.75 Å². The van der Waals surface area contributed by atoms with E-state index >= 15 is 0 Å². The minimum absolute atomic E-state index is 0.0485. The van der Waals surface area contributed by atoms with Crippen molar-refractivity contribution in [1.29, 1.82) is 0 Å². The van der Waals surface area contributed by atoms with Crippen LogP contribution in [-0.2, 0) is 0 Å². The minimum Gasteiger partial charge on any atom is -0.491 e. The Morgan fingerprint density at radius 2 is 2.18 bits per heavy atom. The predicted molar refractivity (Wildman–Crippen MR) is 104 cm³/mol. The zero-order valence-corrected chi connectivity index (χ0v) is 15.8. The molecule has 0 spiro atoms. The molecule has 3 aromatic rings. The maximum atomic E-state index is 14.5. The van der Waals surface area contributed by atoms with Crippen molar-refractivity contribution in [2.45, 2.75) is 38.6 Å². The van der Waals surface area contributed by atoms with Gasteiger partial charge < -0.3 is 15.4 Å². The quantitative estimate of drug-likeness (QED) is 0.702. The molecule has 2 N–H and O–H groups in total. The SMILES string of the molecule is CC(C)Oc1ccn2c(-c3nc(NC4CNCCC4F)ccc3F)cnc2c1. The van der Waals surface area contributed by atoms with Crippen molar-refractivity contribution < 1.29 is 13.5 Å². The number of rotatable bonds is 5. The fraction of sp³-hybridized carbons (Fsp3) is 0.400. The van der Waals surface area contributed by atoms with Gasteiger partial charge in [0.05, 0.1) is 24.0 Å². The number of anilines is 1. The fourth-order valence-electron chi connectivity index (χ4n) is 3.34. The molecule has 0 saturated carbocycles. The van der Waals surface area contributed by atoms with Gasteiger partial charge in [-0.1, -0.05) is 0 Å². The average Bonchev–Trinajstić information content (AvgIpc) is 3.07. The van der Waals surface area contributed by atoms with E-state index in [1.54, 1.807) is 28.9 Å². The van der Waals surface area contributed by atoms with Gasteiger partial charge in [-0.3, -0.25) is 4.40 Å². The standard InChI is InChI=1S/C20H23F2N5O/c1-12(2)28-13-6-8-27-17(11-24-19(27)9-13)20-15(22)3-4-18(26-20)25-16-10-23-7-5-14(16)21/h3-4,6,8-9,11-12,14,16,23H,5,7,10H2,1-2H3,(H,25,26). The van der Waals surface area contributed by atoms with Gasteiger partial charge in [0.25, 0.3) is 0 Å². The Labute approximate surface area is 162 Å². The molecule has 0 bridgehead atoms. The number of imidazole rings is 1. The average molecular weight is 387 g/mol. The molecular formula is C20H23F2N5O. The second kappa shape index (κ2) is 7.71. The van der Waals surface area contributed by atoms with Crippen molar-refractivity contribution >= 4 is 11.5 Å². The number of hydrogen-bond acceptors (Lipinski definition) is 5. The molecular weight excluding hydrogens is 364 g/mol. The summed E-state index contributed by atoms with van der Waals surface area (Å²) in [5, 5.41) is 6.23. The van der Waals surface area contributed by atoms with Crippen LogP contribution in [0.4, 0.5) is 14.6 Å². The lowest BCUT2D eigenvalue weighted by molar-refractivity contribution is 0.241. The van der Waals surface area contributed by atoms with E-state index in [1.807, 2.05) is 13.8 Å². The normalized spacial score (nSPS) is 19.9. The highest BCUT2D eigenvalue weighted by Gasteiger charge is 2.25. The number of nitrogens with one attached hydrogen (secondary N) is 2. The van der Waals surface area contributed by atoms with Gasteiger partial charge >= 0.3 is 0 Å². The Balaban J connectivity index is 1.65. The van der Waals surface area contributed by atoms with Crippen LogP contribution >= 0.6 is 0 Å². The van der Waals surface area contributed by atoms with Gasteiger partial charge in [-0.25, -0.2) is 18.7 Å². The van der Waals surface area contributed by atoms with Crippen LogP contribution in [0.15, 0.2) is 36.7 Å². The first kappa shape index (κ1) is 18.6. The fourth-order valence-corrected chi connectivity index (χ4v) is 3.34. The van der Waals surface area contributed by atoms with Gasteiger partial charge in [0.15, 0.2) is 5.82 Å². The molecule has 6 nitrogen and oxygen atoms in total. The number of alkyl halides is 1. The van der Waals surface area contributed by atoms with Crippen molar-refractivity contribution in [2.75, 3.05) is 18.4 Å². The number of hydrogen-bond donors (Lipinski definition) is 2. The molecule has 0 aromatic carbocycles. The van der Waals surface area contributed by atoms with Gasteiger partial charge in [0, 0.05) is 18.8 Å². The first-order chi connectivity index (χ1) is 13.5. The number of halogens is 2. The van der Waals surface area contributed by atoms with Crippen LogP contribution in [-0.4, -0.2) is 45.8 Å². The van der Waals surface area contributed by atoms with Gasteiger partial charge in [-0.15, -0.1) is 0 Å². The molecule has 1 fully saturated rings. The van der Waals surface area contributed by atoms with Crippen LogP contribution in [0, 0.1) is 5.82 Å². The van der Waals surface area contributed by atoms with Crippen LogP contribution in [0.3, 0.4) is 0 Å². The Hall–Kier alpha value is -2.74. The molecule has 0 radical (unpaired) electrons. The van der Waals surface area contributed by atoms with E-state index in [0.29, 0.717) is 42.4 Å². The molecule has 1 aliphatic rings. The molecule has 28 heavy (non-hydrogen) atoms. The number of ether oxygens (including phenoxy) is 1. The number of aromatic nitrogens is 3. The minimum atomic E-state index is -0.966. The van der Waals surface area contributed by atoms with E-state index in [-0.39, 0.29) is 11.8 Å². The van der Waals surface area contributed by atoms with Crippen molar-refractivity contribution in [3.8, 4) is 17.1 Å². The van der Waals surface area contributed by atoms with E-state index in [9.17, 15) is 8.78 Å². The van der Waals surface area contributed by atoms with Gasteiger partial charge in [-0.2, -0.15) is 0 Å². The molecule has 1 saturated heterocycles. The molecule has 148 valence electrons. The lowest BCUT2D eigenvalue weighted by Gasteiger charge is -2.28. The maximum absolute atomic E-state index is 14.5. The number of piperidine rings is 1. The Morgan fingerprint density at radius 3 is 2.96 bits per heavy atom. The highest BCUT2D eigenvalue weighted by Crippen LogP contribution is 2.26. The third-order valence-corrected chi connectivity index (χ3v) is 4.68. The van der Waals surface area contributed by atoms with Gasteiger partial charge in [0.1, 0.15) is 29.1 Å². The molecule has 2 unspecified atom stereocenters. The lowest BCUT2D eigenvalue weighted by atomic mass is 10.1. The molecule has 0 amide bonds.